The van der Waals surface area contributed by atoms with Crippen molar-refractivity contribution < 1.29 is 14.7 Å². The quantitative estimate of drug-likeness (QED) is 0.801. The molecule has 2 rings (SSSR count). The second-order valence-electron chi connectivity index (χ2n) is 4.77. The van der Waals surface area contributed by atoms with E-state index in [1.807, 2.05) is 6.92 Å². The average molecular weight is 251 g/mol. The normalized spacial score (nSPS) is 16.3. The molecule has 1 aliphatic rings. The number of rotatable bonds is 5. The Hall–Kier alpha value is -1.85. The Morgan fingerprint density at radius 3 is 2.67 bits per heavy atom. The molecule has 0 radical (unpaired) electrons. The van der Waals surface area contributed by atoms with Gasteiger partial charge in [-0.3, -0.25) is 14.3 Å². The lowest BCUT2D eigenvalue weighted by molar-refractivity contribution is -0.143. The van der Waals surface area contributed by atoms with E-state index in [9.17, 15) is 9.59 Å². The number of amides is 1. The zero-order chi connectivity index (χ0) is 13.3. The van der Waals surface area contributed by atoms with Gasteiger partial charge in [-0.15, -0.1) is 0 Å². The van der Waals surface area contributed by atoms with Crippen molar-refractivity contribution in [2.24, 2.45) is 12.5 Å². The van der Waals surface area contributed by atoms with Gasteiger partial charge in [0.1, 0.15) is 5.69 Å². The molecular formula is C12H17N3O3. The van der Waals surface area contributed by atoms with Crippen molar-refractivity contribution >= 4 is 11.9 Å². The lowest BCUT2D eigenvalue weighted by atomic mass is 10.1. The molecule has 1 fully saturated rings. The molecule has 2 N–H and O–H groups in total. The van der Waals surface area contributed by atoms with Gasteiger partial charge in [0.05, 0.1) is 11.1 Å². The summed E-state index contributed by atoms with van der Waals surface area (Å²) >= 11 is 0. The number of hydrogen-bond donors (Lipinski definition) is 2. The highest BCUT2D eigenvalue weighted by atomic mass is 16.4. The van der Waals surface area contributed by atoms with E-state index in [1.54, 1.807) is 13.1 Å². The Bertz CT molecular complexity index is 489. The van der Waals surface area contributed by atoms with Gasteiger partial charge in [0, 0.05) is 13.6 Å². The molecule has 1 aromatic heterocycles. The molecule has 0 spiro atoms. The van der Waals surface area contributed by atoms with E-state index in [4.69, 9.17) is 5.11 Å². The van der Waals surface area contributed by atoms with Crippen molar-refractivity contribution in [2.45, 2.75) is 26.2 Å². The van der Waals surface area contributed by atoms with E-state index in [0.717, 1.165) is 12.1 Å². The Morgan fingerprint density at radius 1 is 1.56 bits per heavy atom. The third-order valence-corrected chi connectivity index (χ3v) is 3.42. The summed E-state index contributed by atoms with van der Waals surface area (Å²) in [6.07, 6.45) is 2.03. The lowest BCUT2D eigenvalue weighted by Crippen LogP contribution is -2.35. The summed E-state index contributed by atoms with van der Waals surface area (Å²) in [4.78, 5) is 22.9. The summed E-state index contributed by atoms with van der Waals surface area (Å²) in [7, 11) is 1.71. The van der Waals surface area contributed by atoms with Crippen LogP contribution in [0.5, 0.6) is 0 Å². The molecule has 98 valence electrons. The smallest absolute Gasteiger partial charge is 0.311 e. The van der Waals surface area contributed by atoms with Crippen LogP contribution in [0.15, 0.2) is 6.07 Å². The van der Waals surface area contributed by atoms with Gasteiger partial charge >= 0.3 is 5.97 Å². The number of carboxylic acids is 1. The van der Waals surface area contributed by atoms with E-state index in [-0.39, 0.29) is 12.5 Å². The van der Waals surface area contributed by atoms with E-state index < -0.39 is 11.4 Å². The molecular weight excluding hydrogens is 234 g/mol. The molecule has 1 aliphatic carbocycles. The highest BCUT2D eigenvalue weighted by molar-refractivity contribution is 5.93. The van der Waals surface area contributed by atoms with Crippen LogP contribution in [0, 0.1) is 5.41 Å². The third kappa shape index (κ3) is 2.23. The molecule has 0 bridgehead atoms. The van der Waals surface area contributed by atoms with Crippen LogP contribution in [0.3, 0.4) is 0 Å². The van der Waals surface area contributed by atoms with Gasteiger partial charge in [0.25, 0.3) is 5.91 Å². The van der Waals surface area contributed by atoms with E-state index in [0.29, 0.717) is 18.5 Å². The molecule has 0 aromatic carbocycles. The molecule has 0 aliphatic heterocycles. The van der Waals surface area contributed by atoms with Gasteiger partial charge < -0.3 is 10.4 Å². The molecule has 1 saturated carbocycles. The standard InChI is InChI=1S/C12H17N3O3/c1-3-8-6-9(15(2)14-8)10(16)13-7-12(4-5-12)11(17)18/h6H,3-5,7H2,1-2H3,(H,13,16)(H,17,18). The molecule has 6 heteroatoms. The number of nitrogens with one attached hydrogen (secondary N) is 1. The summed E-state index contributed by atoms with van der Waals surface area (Å²) in [5, 5.41) is 15.9. The van der Waals surface area contributed by atoms with Crippen LogP contribution in [0.2, 0.25) is 0 Å². The Labute approximate surface area is 105 Å². The fourth-order valence-corrected chi connectivity index (χ4v) is 1.87. The maximum Gasteiger partial charge on any atom is 0.311 e. The largest absolute Gasteiger partial charge is 0.481 e. The zero-order valence-corrected chi connectivity index (χ0v) is 10.6. The molecule has 1 heterocycles. The van der Waals surface area contributed by atoms with Gasteiger partial charge in [0.15, 0.2) is 0 Å². The molecule has 6 nitrogen and oxygen atoms in total. The van der Waals surface area contributed by atoms with Crippen LogP contribution in [-0.2, 0) is 18.3 Å². The van der Waals surface area contributed by atoms with Gasteiger partial charge in [-0.1, -0.05) is 6.92 Å². The number of carbonyl (C=O) groups excluding carboxylic acids is 1. The van der Waals surface area contributed by atoms with Gasteiger partial charge in [-0.05, 0) is 25.3 Å². The number of carbonyl (C=O) groups is 2. The van der Waals surface area contributed by atoms with Gasteiger partial charge in [-0.2, -0.15) is 5.10 Å². The second kappa shape index (κ2) is 4.44. The van der Waals surface area contributed by atoms with E-state index >= 15 is 0 Å². The molecule has 1 aromatic rings. The number of nitrogens with zero attached hydrogens (tertiary/aromatic N) is 2. The molecule has 1 amide bonds. The first-order valence-electron chi connectivity index (χ1n) is 6.03. The van der Waals surface area contributed by atoms with E-state index in [2.05, 4.69) is 10.4 Å². The number of hydrogen-bond acceptors (Lipinski definition) is 3. The summed E-state index contributed by atoms with van der Waals surface area (Å²) < 4.78 is 1.52. The van der Waals surface area contributed by atoms with Crippen molar-refractivity contribution in [1.82, 2.24) is 15.1 Å². The molecule has 0 saturated heterocycles. The Kier molecular flexibility index (Phi) is 3.11. The molecule has 18 heavy (non-hydrogen) atoms. The first-order valence-corrected chi connectivity index (χ1v) is 6.03. The van der Waals surface area contributed by atoms with Gasteiger partial charge in [-0.25, -0.2) is 0 Å². The first kappa shape index (κ1) is 12.6. The molecule has 0 atom stereocenters. The number of aliphatic carboxylic acids is 1. The highest BCUT2D eigenvalue weighted by Gasteiger charge is 2.50. The maximum atomic E-state index is 11.9. The van der Waals surface area contributed by atoms with Crippen LogP contribution < -0.4 is 5.32 Å². The van der Waals surface area contributed by atoms with Crippen LogP contribution in [0.1, 0.15) is 35.9 Å². The summed E-state index contributed by atoms with van der Waals surface area (Å²) in [6.45, 7) is 2.15. The lowest BCUT2D eigenvalue weighted by Gasteiger charge is -2.10. The SMILES string of the molecule is CCc1cc(C(=O)NCC2(C(=O)O)CC2)n(C)n1. The average Bonchev–Trinajstić information content (AvgIpc) is 3.04. The maximum absolute atomic E-state index is 11.9. The van der Waals surface area contributed by atoms with Crippen LogP contribution in [0.4, 0.5) is 0 Å². The third-order valence-electron chi connectivity index (χ3n) is 3.42. The van der Waals surface area contributed by atoms with Crippen LogP contribution >= 0.6 is 0 Å². The van der Waals surface area contributed by atoms with E-state index in [1.165, 1.54) is 4.68 Å². The van der Waals surface area contributed by atoms with Crippen molar-refractivity contribution in [1.29, 1.82) is 0 Å². The number of aromatic nitrogens is 2. The Morgan fingerprint density at radius 2 is 2.22 bits per heavy atom. The van der Waals surface area contributed by atoms with Crippen molar-refractivity contribution in [3.63, 3.8) is 0 Å². The number of carboxylic acid groups (broad SMARTS) is 1. The van der Waals surface area contributed by atoms with Crippen LogP contribution in [-0.4, -0.2) is 33.3 Å². The summed E-state index contributed by atoms with van der Waals surface area (Å²) in [6, 6.07) is 1.73. The van der Waals surface area contributed by atoms with Crippen molar-refractivity contribution in [3.8, 4) is 0 Å². The second-order valence-corrected chi connectivity index (χ2v) is 4.77. The monoisotopic (exact) mass is 251 g/mol. The highest BCUT2D eigenvalue weighted by Crippen LogP contribution is 2.45. The predicted molar refractivity (Wildman–Crippen MR) is 64.2 cm³/mol. The van der Waals surface area contributed by atoms with Crippen molar-refractivity contribution in [2.75, 3.05) is 6.54 Å². The summed E-state index contributed by atoms with van der Waals surface area (Å²) in [5.41, 5.74) is 0.581. The fraction of sp³-hybridized carbons (Fsp3) is 0.583. The summed E-state index contributed by atoms with van der Waals surface area (Å²) in [5.74, 6) is -1.10. The molecule has 0 unspecified atom stereocenters. The zero-order valence-electron chi connectivity index (χ0n) is 10.6. The van der Waals surface area contributed by atoms with Crippen LogP contribution in [0.25, 0.3) is 0 Å². The fourth-order valence-electron chi connectivity index (χ4n) is 1.87. The minimum atomic E-state index is -0.831. The first-order chi connectivity index (χ1) is 8.48. The number of aryl methyl sites for hydroxylation is 2. The topological polar surface area (TPSA) is 84.2 Å². The van der Waals surface area contributed by atoms with Crippen molar-refractivity contribution in [3.05, 3.63) is 17.5 Å². The minimum Gasteiger partial charge on any atom is -0.481 e. The van der Waals surface area contributed by atoms with Gasteiger partial charge in [0.2, 0.25) is 0 Å². The Balaban J connectivity index is 2.00. The minimum absolute atomic E-state index is 0.188. The predicted octanol–water partition coefficient (Wildman–Crippen LogP) is 0.577.